The van der Waals surface area contributed by atoms with Gasteiger partial charge in [0.1, 0.15) is 0 Å². The van der Waals surface area contributed by atoms with Gasteiger partial charge in [0.25, 0.3) is 0 Å². The molecule has 2 nitrogen and oxygen atoms in total. The Morgan fingerprint density at radius 2 is 0.677 bits per heavy atom. The summed E-state index contributed by atoms with van der Waals surface area (Å²) in [5, 5.41) is 2.51. The van der Waals surface area contributed by atoms with Gasteiger partial charge in [-0.25, -0.2) is 0 Å². The van der Waals surface area contributed by atoms with Gasteiger partial charge in [-0.3, -0.25) is 0 Å². The van der Waals surface area contributed by atoms with Gasteiger partial charge in [0.2, 0.25) is 0 Å². The Hall–Kier alpha value is -8.20. The maximum absolute atomic E-state index is 2.39. The fourth-order valence-electron chi connectivity index (χ4n) is 9.00. The Balaban J connectivity index is 0.988. The van der Waals surface area contributed by atoms with Crippen molar-refractivity contribution < 1.29 is 0 Å². The molecule has 1 aromatic heterocycles. The van der Waals surface area contributed by atoms with Crippen molar-refractivity contribution in [1.82, 2.24) is 4.57 Å². The number of nitrogens with zero attached hydrogens (tertiary/aromatic N) is 2. The van der Waals surface area contributed by atoms with Crippen molar-refractivity contribution in [3.63, 3.8) is 0 Å². The Kier molecular flexibility index (Phi) is 9.57. The third-order valence-electron chi connectivity index (χ3n) is 12.0. The summed E-state index contributed by atoms with van der Waals surface area (Å²) in [4.78, 5) is 2.37. The second kappa shape index (κ2) is 16.1. The van der Waals surface area contributed by atoms with Gasteiger partial charge in [-0.15, -0.1) is 0 Å². The van der Waals surface area contributed by atoms with Crippen LogP contribution in [-0.4, -0.2) is 4.57 Å². The molecule has 0 atom stereocenters. The van der Waals surface area contributed by atoms with Crippen LogP contribution in [0.15, 0.2) is 255 Å². The van der Waals surface area contributed by atoms with E-state index in [1.807, 2.05) is 0 Å². The van der Waals surface area contributed by atoms with Gasteiger partial charge >= 0.3 is 0 Å². The first-order valence-corrected chi connectivity index (χ1v) is 21.3. The van der Waals surface area contributed by atoms with E-state index in [1.165, 1.54) is 71.9 Å². The lowest BCUT2D eigenvalue weighted by Gasteiger charge is -2.26. The van der Waals surface area contributed by atoms with Crippen LogP contribution in [0.4, 0.5) is 17.1 Å². The van der Waals surface area contributed by atoms with Gasteiger partial charge in [-0.2, -0.15) is 0 Å². The normalized spacial score (nSPS) is 11.2. The molecule has 292 valence electrons. The van der Waals surface area contributed by atoms with E-state index >= 15 is 0 Å². The Morgan fingerprint density at radius 1 is 0.258 bits per heavy atom. The molecule has 11 aromatic rings. The number of benzene rings is 10. The van der Waals surface area contributed by atoms with Gasteiger partial charge in [0.05, 0.1) is 11.0 Å². The van der Waals surface area contributed by atoms with Crippen LogP contribution < -0.4 is 4.90 Å². The molecule has 10 aromatic carbocycles. The molecule has 0 spiro atoms. The maximum Gasteiger partial charge on any atom is 0.0547 e. The van der Waals surface area contributed by atoms with E-state index in [0.717, 1.165) is 28.3 Å². The van der Waals surface area contributed by atoms with Crippen LogP contribution >= 0.6 is 0 Å². The zero-order valence-corrected chi connectivity index (χ0v) is 34.1. The van der Waals surface area contributed by atoms with Crippen molar-refractivity contribution in [3.8, 4) is 61.3 Å². The first kappa shape index (κ1) is 36.8. The van der Waals surface area contributed by atoms with E-state index in [0.29, 0.717) is 0 Å². The molecule has 1 heterocycles. The highest BCUT2D eigenvalue weighted by Gasteiger charge is 2.18. The van der Waals surface area contributed by atoms with Crippen LogP contribution in [0.3, 0.4) is 0 Å². The summed E-state index contributed by atoms with van der Waals surface area (Å²) in [6.07, 6.45) is 0. The minimum Gasteiger partial charge on any atom is -0.310 e. The predicted molar refractivity (Wildman–Crippen MR) is 263 cm³/mol. The molecule has 0 amide bonds. The summed E-state index contributed by atoms with van der Waals surface area (Å²) in [5.41, 5.74) is 18.8. The lowest BCUT2D eigenvalue weighted by atomic mass is 9.95. The second-order valence-electron chi connectivity index (χ2n) is 15.8. The topological polar surface area (TPSA) is 8.17 Å². The third-order valence-corrected chi connectivity index (χ3v) is 12.0. The number of hydrogen-bond donors (Lipinski definition) is 0. The average molecular weight is 791 g/mol. The number of hydrogen-bond acceptors (Lipinski definition) is 1. The van der Waals surface area contributed by atoms with Crippen LogP contribution in [0.25, 0.3) is 83.1 Å². The van der Waals surface area contributed by atoms with E-state index in [1.54, 1.807) is 0 Å². The molecular formula is C60H42N2. The van der Waals surface area contributed by atoms with Crippen LogP contribution in [-0.2, 0) is 0 Å². The number of aromatic nitrogens is 1. The Labute approximate surface area is 362 Å². The van der Waals surface area contributed by atoms with Gasteiger partial charge in [-0.05, 0) is 128 Å². The molecule has 0 radical (unpaired) electrons. The highest BCUT2D eigenvalue weighted by atomic mass is 15.1. The van der Waals surface area contributed by atoms with Crippen LogP contribution in [0.1, 0.15) is 0 Å². The quantitative estimate of drug-likeness (QED) is 0.141. The Bertz CT molecular complexity index is 3310. The lowest BCUT2D eigenvalue weighted by Crippen LogP contribution is -2.10. The monoisotopic (exact) mass is 790 g/mol. The van der Waals surface area contributed by atoms with Crippen molar-refractivity contribution in [1.29, 1.82) is 0 Å². The van der Waals surface area contributed by atoms with Crippen LogP contribution in [0.2, 0.25) is 0 Å². The summed E-state index contributed by atoms with van der Waals surface area (Å²) >= 11 is 0. The Morgan fingerprint density at radius 3 is 1.32 bits per heavy atom. The predicted octanol–water partition coefficient (Wildman–Crippen LogP) is 16.6. The zero-order valence-electron chi connectivity index (χ0n) is 34.1. The fraction of sp³-hybridized carbons (Fsp3) is 0. The molecule has 0 aliphatic rings. The van der Waals surface area contributed by atoms with Crippen molar-refractivity contribution in [3.05, 3.63) is 255 Å². The average Bonchev–Trinajstić information content (AvgIpc) is 3.70. The van der Waals surface area contributed by atoms with E-state index in [-0.39, 0.29) is 0 Å². The molecule has 0 N–H and O–H groups in total. The van der Waals surface area contributed by atoms with Crippen molar-refractivity contribution in [2.24, 2.45) is 0 Å². The number of rotatable bonds is 9. The molecule has 0 saturated carbocycles. The summed E-state index contributed by atoms with van der Waals surface area (Å²) in [6, 6.07) is 92.0. The maximum atomic E-state index is 2.39. The largest absolute Gasteiger partial charge is 0.310 e. The lowest BCUT2D eigenvalue weighted by molar-refractivity contribution is 1.18. The summed E-state index contributed by atoms with van der Waals surface area (Å²) in [7, 11) is 0. The molecule has 2 heteroatoms. The van der Waals surface area contributed by atoms with Crippen LogP contribution in [0, 0.1) is 0 Å². The highest BCUT2D eigenvalue weighted by molar-refractivity contribution is 6.15. The van der Waals surface area contributed by atoms with E-state index in [2.05, 4.69) is 264 Å². The molecule has 0 bridgehead atoms. The molecule has 0 fully saturated rings. The fourth-order valence-corrected chi connectivity index (χ4v) is 9.00. The SMILES string of the molecule is c1ccc(-c2ccc(N(c3ccc(-c4cccc(-c5ccccc5)c4)cc3)c3cccc(-c4cccc(-c5cccc6c5c5ccccc5n6-c5ccccc5)c4)c3)cc2)cc1. The summed E-state index contributed by atoms with van der Waals surface area (Å²) < 4.78 is 2.39. The smallest absolute Gasteiger partial charge is 0.0547 e. The molecule has 0 aliphatic heterocycles. The minimum absolute atomic E-state index is 1.09. The minimum atomic E-state index is 1.09. The van der Waals surface area contributed by atoms with E-state index in [9.17, 15) is 0 Å². The van der Waals surface area contributed by atoms with Crippen LogP contribution in [0.5, 0.6) is 0 Å². The summed E-state index contributed by atoms with van der Waals surface area (Å²) in [6.45, 7) is 0. The number of para-hydroxylation sites is 2. The van der Waals surface area contributed by atoms with Gasteiger partial charge in [-0.1, -0.05) is 182 Å². The zero-order chi connectivity index (χ0) is 41.2. The number of fused-ring (bicyclic) bond motifs is 3. The molecular weight excluding hydrogens is 749 g/mol. The summed E-state index contributed by atoms with van der Waals surface area (Å²) in [5.74, 6) is 0. The molecule has 62 heavy (non-hydrogen) atoms. The third kappa shape index (κ3) is 6.94. The molecule has 11 rings (SSSR count). The van der Waals surface area contributed by atoms with Crippen molar-refractivity contribution in [2.45, 2.75) is 0 Å². The molecule has 0 unspecified atom stereocenters. The van der Waals surface area contributed by atoms with Gasteiger partial charge in [0, 0.05) is 33.5 Å². The second-order valence-corrected chi connectivity index (χ2v) is 15.8. The van der Waals surface area contributed by atoms with Crippen molar-refractivity contribution >= 4 is 38.9 Å². The highest BCUT2D eigenvalue weighted by Crippen LogP contribution is 2.42. The van der Waals surface area contributed by atoms with E-state index < -0.39 is 0 Å². The van der Waals surface area contributed by atoms with Gasteiger partial charge in [0.15, 0.2) is 0 Å². The van der Waals surface area contributed by atoms with Gasteiger partial charge < -0.3 is 9.47 Å². The first-order valence-electron chi connectivity index (χ1n) is 21.3. The van der Waals surface area contributed by atoms with E-state index in [4.69, 9.17) is 0 Å². The molecule has 0 aliphatic carbocycles. The number of anilines is 3. The first-order chi connectivity index (χ1) is 30.7. The standard InChI is InChI=1S/C60H42N2/c1-4-16-43(17-5-1)45-32-36-53(37-33-45)61(54-38-34-46(35-39-54)48-21-12-20-47(40-48)44-18-6-2-7-19-44)55-27-14-23-50(42-55)49-22-13-24-51(41-49)56-29-15-31-59-60(56)57-28-10-11-30-58(57)62(59)52-25-8-3-9-26-52/h1-42H. The van der Waals surface area contributed by atoms with Crippen molar-refractivity contribution in [2.75, 3.05) is 4.90 Å². The molecule has 0 saturated heterocycles.